The van der Waals surface area contributed by atoms with E-state index in [1.54, 1.807) is 7.11 Å². The number of aryl methyl sites for hydroxylation is 1. The SMILES string of the molecule is COc1ccc(C)cc1C1(CNC(=O)C2(N)CCOCC2)CCOCC1.Cl. The van der Waals surface area contributed by atoms with Crippen molar-refractivity contribution in [3.63, 3.8) is 0 Å². The van der Waals surface area contributed by atoms with Crippen molar-refractivity contribution in [2.45, 2.75) is 43.6 Å². The summed E-state index contributed by atoms with van der Waals surface area (Å²) < 4.78 is 16.6. The normalized spacial score (nSPS) is 21.0. The van der Waals surface area contributed by atoms with Gasteiger partial charge in [-0.3, -0.25) is 4.79 Å². The number of halogens is 1. The van der Waals surface area contributed by atoms with Crippen molar-refractivity contribution in [2.24, 2.45) is 5.73 Å². The van der Waals surface area contributed by atoms with Gasteiger partial charge in [0.25, 0.3) is 0 Å². The molecule has 0 atom stereocenters. The minimum absolute atomic E-state index is 0. The highest BCUT2D eigenvalue weighted by Gasteiger charge is 2.40. The highest BCUT2D eigenvalue weighted by molar-refractivity contribution is 5.86. The molecule has 2 saturated heterocycles. The van der Waals surface area contributed by atoms with Crippen LogP contribution in [0.5, 0.6) is 5.75 Å². The van der Waals surface area contributed by atoms with E-state index < -0.39 is 5.54 Å². The summed E-state index contributed by atoms with van der Waals surface area (Å²) in [6.45, 7) is 5.03. The van der Waals surface area contributed by atoms with Gasteiger partial charge in [-0.15, -0.1) is 12.4 Å². The minimum atomic E-state index is -0.832. The molecule has 0 radical (unpaired) electrons. The van der Waals surface area contributed by atoms with Gasteiger partial charge in [0.05, 0.1) is 12.6 Å². The number of rotatable bonds is 5. The summed E-state index contributed by atoms with van der Waals surface area (Å²) in [4.78, 5) is 12.8. The Balaban J connectivity index is 0.00000261. The fraction of sp³-hybridized carbons (Fsp3) is 0.650. The summed E-state index contributed by atoms with van der Waals surface area (Å²) in [6.07, 6.45) is 2.80. The highest BCUT2D eigenvalue weighted by Crippen LogP contribution is 2.40. The Labute approximate surface area is 167 Å². The molecule has 7 heteroatoms. The third-order valence-electron chi connectivity index (χ3n) is 5.80. The Kier molecular flexibility index (Phi) is 7.51. The molecule has 2 fully saturated rings. The molecule has 0 saturated carbocycles. The van der Waals surface area contributed by atoms with Crippen LogP contribution in [0.3, 0.4) is 0 Å². The Morgan fingerprint density at radius 1 is 1.15 bits per heavy atom. The number of hydrogen-bond acceptors (Lipinski definition) is 5. The molecule has 3 N–H and O–H groups in total. The Morgan fingerprint density at radius 2 is 1.74 bits per heavy atom. The molecule has 27 heavy (non-hydrogen) atoms. The summed E-state index contributed by atoms with van der Waals surface area (Å²) in [5, 5.41) is 3.14. The molecule has 2 heterocycles. The van der Waals surface area contributed by atoms with E-state index in [4.69, 9.17) is 19.9 Å². The van der Waals surface area contributed by atoms with Crippen molar-refractivity contribution < 1.29 is 19.0 Å². The Hall–Kier alpha value is -1.34. The van der Waals surface area contributed by atoms with Crippen LogP contribution in [0, 0.1) is 6.92 Å². The summed E-state index contributed by atoms with van der Waals surface area (Å²) in [6, 6.07) is 6.22. The van der Waals surface area contributed by atoms with Gasteiger partial charge in [0.1, 0.15) is 5.75 Å². The van der Waals surface area contributed by atoms with Gasteiger partial charge in [-0.1, -0.05) is 17.7 Å². The smallest absolute Gasteiger partial charge is 0.240 e. The van der Waals surface area contributed by atoms with Crippen LogP contribution >= 0.6 is 12.4 Å². The predicted octanol–water partition coefficient (Wildman–Crippen LogP) is 2.10. The van der Waals surface area contributed by atoms with Crippen molar-refractivity contribution >= 4 is 18.3 Å². The molecule has 152 valence electrons. The molecule has 1 amide bonds. The number of nitrogens with two attached hydrogens (primary N) is 1. The second kappa shape index (κ2) is 9.24. The average molecular weight is 399 g/mol. The largest absolute Gasteiger partial charge is 0.496 e. The monoisotopic (exact) mass is 398 g/mol. The fourth-order valence-electron chi connectivity index (χ4n) is 3.93. The highest BCUT2D eigenvalue weighted by atomic mass is 35.5. The van der Waals surface area contributed by atoms with Crippen LogP contribution in [0.25, 0.3) is 0 Å². The van der Waals surface area contributed by atoms with Crippen molar-refractivity contribution in [2.75, 3.05) is 40.1 Å². The Morgan fingerprint density at radius 3 is 2.33 bits per heavy atom. The van der Waals surface area contributed by atoms with Crippen molar-refractivity contribution in [1.29, 1.82) is 0 Å². The molecule has 3 rings (SSSR count). The van der Waals surface area contributed by atoms with E-state index in [2.05, 4.69) is 18.3 Å². The number of carbonyl (C=O) groups is 1. The van der Waals surface area contributed by atoms with Crippen LogP contribution in [0.4, 0.5) is 0 Å². The molecular weight excluding hydrogens is 368 g/mol. The first-order chi connectivity index (χ1) is 12.5. The molecule has 0 aromatic heterocycles. The first-order valence-electron chi connectivity index (χ1n) is 9.37. The van der Waals surface area contributed by atoms with Crippen LogP contribution in [0.2, 0.25) is 0 Å². The number of ether oxygens (including phenoxy) is 3. The van der Waals surface area contributed by atoms with E-state index in [9.17, 15) is 4.79 Å². The zero-order valence-electron chi connectivity index (χ0n) is 16.2. The maximum atomic E-state index is 12.8. The quantitative estimate of drug-likeness (QED) is 0.793. The molecule has 1 aromatic rings. The lowest BCUT2D eigenvalue weighted by atomic mass is 9.73. The van der Waals surface area contributed by atoms with Gasteiger partial charge in [-0.25, -0.2) is 0 Å². The minimum Gasteiger partial charge on any atom is -0.496 e. The second-order valence-corrected chi connectivity index (χ2v) is 7.55. The number of nitrogens with one attached hydrogen (secondary N) is 1. The first kappa shape index (κ1) is 22.0. The van der Waals surface area contributed by atoms with Gasteiger partial charge in [0, 0.05) is 44.0 Å². The lowest BCUT2D eigenvalue weighted by Crippen LogP contribution is -2.59. The van der Waals surface area contributed by atoms with E-state index >= 15 is 0 Å². The van der Waals surface area contributed by atoms with Gasteiger partial charge in [-0.2, -0.15) is 0 Å². The van der Waals surface area contributed by atoms with Gasteiger partial charge in [0.15, 0.2) is 0 Å². The molecule has 2 aliphatic heterocycles. The van der Waals surface area contributed by atoms with E-state index in [0.29, 0.717) is 45.8 Å². The first-order valence-corrected chi connectivity index (χ1v) is 9.37. The van der Waals surface area contributed by atoms with Gasteiger partial charge in [-0.05, 0) is 38.7 Å². The van der Waals surface area contributed by atoms with Gasteiger partial charge < -0.3 is 25.3 Å². The molecule has 0 spiro atoms. The second-order valence-electron chi connectivity index (χ2n) is 7.55. The van der Waals surface area contributed by atoms with E-state index in [-0.39, 0.29) is 23.7 Å². The topological polar surface area (TPSA) is 82.8 Å². The van der Waals surface area contributed by atoms with Crippen LogP contribution < -0.4 is 15.8 Å². The maximum Gasteiger partial charge on any atom is 0.240 e. The molecule has 1 aromatic carbocycles. The Bertz CT molecular complexity index is 641. The van der Waals surface area contributed by atoms with Gasteiger partial charge >= 0.3 is 0 Å². The van der Waals surface area contributed by atoms with Crippen LogP contribution in [0.1, 0.15) is 36.8 Å². The van der Waals surface area contributed by atoms with Crippen LogP contribution in [-0.4, -0.2) is 51.5 Å². The molecule has 0 aliphatic carbocycles. The average Bonchev–Trinajstić information content (AvgIpc) is 2.67. The lowest BCUT2D eigenvalue weighted by Gasteiger charge is -2.40. The van der Waals surface area contributed by atoms with Crippen molar-refractivity contribution in [1.82, 2.24) is 5.32 Å². The van der Waals surface area contributed by atoms with E-state index in [0.717, 1.165) is 24.2 Å². The molecule has 0 bridgehead atoms. The number of hydrogen-bond donors (Lipinski definition) is 2. The standard InChI is InChI=1S/C20H30N2O4.ClH/c1-15-3-4-17(24-2)16(13-15)19(5-9-25-10-6-19)14-22-18(23)20(21)7-11-26-12-8-20;/h3-4,13H,5-12,14,21H2,1-2H3,(H,22,23);1H. The number of benzene rings is 1. The van der Waals surface area contributed by atoms with E-state index in [1.165, 1.54) is 5.56 Å². The third kappa shape index (κ3) is 4.74. The van der Waals surface area contributed by atoms with Crippen molar-refractivity contribution in [3.05, 3.63) is 29.3 Å². The number of carbonyl (C=O) groups excluding carboxylic acids is 1. The predicted molar refractivity (Wildman–Crippen MR) is 107 cm³/mol. The zero-order chi connectivity index (χ0) is 18.6. The van der Waals surface area contributed by atoms with E-state index in [1.807, 2.05) is 12.1 Å². The van der Waals surface area contributed by atoms with Crippen molar-refractivity contribution in [3.8, 4) is 5.75 Å². The summed E-state index contributed by atoms with van der Waals surface area (Å²) in [7, 11) is 1.69. The summed E-state index contributed by atoms with van der Waals surface area (Å²) in [5.74, 6) is 0.776. The summed E-state index contributed by atoms with van der Waals surface area (Å²) in [5.41, 5.74) is 7.62. The van der Waals surface area contributed by atoms with Crippen LogP contribution in [-0.2, 0) is 19.7 Å². The fourth-order valence-corrected chi connectivity index (χ4v) is 3.93. The number of methoxy groups -OCH3 is 1. The third-order valence-corrected chi connectivity index (χ3v) is 5.80. The molecular formula is C20H31ClN2O4. The maximum absolute atomic E-state index is 12.8. The van der Waals surface area contributed by atoms with Crippen LogP contribution in [0.15, 0.2) is 18.2 Å². The van der Waals surface area contributed by atoms with Gasteiger partial charge in [0.2, 0.25) is 5.91 Å². The number of amides is 1. The lowest BCUT2D eigenvalue weighted by molar-refractivity contribution is -0.130. The molecule has 6 nitrogen and oxygen atoms in total. The zero-order valence-corrected chi connectivity index (χ0v) is 17.0. The summed E-state index contributed by atoms with van der Waals surface area (Å²) >= 11 is 0. The molecule has 2 aliphatic rings. The molecule has 0 unspecified atom stereocenters.